The quantitative estimate of drug-likeness (QED) is 0.359. The lowest BCUT2D eigenvalue weighted by atomic mass is 10.0. The number of para-hydroxylation sites is 2. The number of aromatic amines is 1. The molecule has 6 heteroatoms. The van der Waals surface area contributed by atoms with Crippen LogP contribution in [0.2, 0.25) is 0 Å². The molecule has 0 saturated carbocycles. The van der Waals surface area contributed by atoms with E-state index in [-0.39, 0.29) is 12.1 Å². The van der Waals surface area contributed by atoms with Gasteiger partial charge in [0, 0.05) is 6.54 Å². The number of ether oxygens (including phenoxy) is 1. The van der Waals surface area contributed by atoms with E-state index in [4.69, 9.17) is 9.72 Å². The minimum atomic E-state index is -0.299. The Kier molecular flexibility index (Phi) is 6.93. The summed E-state index contributed by atoms with van der Waals surface area (Å²) in [4.78, 5) is 20.8. The van der Waals surface area contributed by atoms with Gasteiger partial charge in [0.15, 0.2) is 0 Å². The summed E-state index contributed by atoms with van der Waals surface area (Å²) in [5, 5.41) is 6.09. The highest BCUT2D eigenvalue weighted by molar-refractivity contribution is 5.76. The topological polar surface area (TPSA) is 79.0 Å². The number of fused-ring (bicyclic) bond motifs is 1. The van der Waals surface area contributed by atoms with Gasteiger partial charge in [-0.2, -0.15) is 0 Å². The van der Waals surface area contributed by atoms with Gasteiger partial charge in [0.25, 0.3) is 0 Å². The summed E-state index contributed by atoms with van der Waals surface area (Å²) in [6.45, 7) is 4.77. The van der Waals surface area contributed by atoms with Crippen LogP contribution in [0.4, 0.5) is 4.79 Å². The Balaban J connectivity index is 1.44. The molecular weight excluding hydrogens is 412 g/mol. The van der Waals surface area contributed by atoms with E-state index < -0.39 is 0 Å². The summed E-state index contributed by atoms with van der Waals surface area (Å²) in [6.07, 6.45) is 1.39. The molecule has 6 nitrogen and oxygen atoms in total. The van der Waals surface area contributed by atoms with Crippen LogP contribution in [0, 0.1) is 13.8 Å². The number of benzene rings is 3. The molecule has 1 heterocycles. The minimum Gasteiger partial charge on any atom is -0.497 e. The van der Waals surface area contributed by atoms with Crippen molar-refractivity contribution in [2.75, 3.05) is 13.7 Å². The maximum Gasteiger partial charge on any atom is 0.315 e. The third-order valence-corrected chi connectivity index (χ3v) is 5.91. The highest BCUT2D eigenvalue weighted by atomic mass is 16.5. The number of nitrogens with one attached hydrogen (secondary N) is 3. The highest BCUT2D eigenvalue weighted by Gasteiger charge is 2.19. The zero-order valence-electron chi connectivity index (χ0n) is 19.3. The Morgan fingerprint density at radius 1 is 1.00 bits per heavy atom. The second-order valence-electron chi connectivity index (χ2n) is 8.31. The molecule has 0 saturated heterocycles. The second kappa shape index (κ2) is 10.2. The molecule has 4 rings (SSSR count). The molecule has 0 radical (unpaired) electrons. The first-order chi connectivity index (χ1) is 16.0. The lowest BCUT2D eigenvalue weighted by Crippen LogP contribution is -2.40. The van der Waals surface area contributed by atoms with Crippen LogP contribution < -0.4 is 15.4 Å². The van der Waals surface area contributed by atoms with E-state index in [2.05, 4.69) is 47.7 Å². The van der Waals surface area contributed by atoms with Crippen LogP contribution in [0.1, 0.15) is 34.1 Å². The first-order valence-corrected chi connectivity index (χ1v) is 11.2. The highest BCUT2D eigenvalue weighted by Crippen LogP contribution is 2.21. The van der Waals surface area contributed by atoms with E-state index in [9.17, 15) is 4.79 Å². The van der Waals surface area contributed by atoms with Crippen LogP contribution in [0.5, 0.6) is 5.75 Å². The molecule has 3 aromatic carbocycles. The molecule has 0 spiro atoms. The second-order valence-corrected chi connectivity index (χ2v) is 8.31. The third-order valence-electron chi connectivity index (χ3n) is 5.91. The molecule has 170 valence electrons. The maximum atomic E-state index is 12.8. The lowest BCUT2D eigenvalue weighted by molar-refractivity contribution is 0.236. The summed E-state index contributed by atoms with van der Waals surface area (Å²) < 4.78 is 5.26. The van der Waals surface area contributed by atoms with Gasteiger partial charge in [-0.1, -0.05) is 42.5 Å². The molecule has 0 aliphatic rings. The molecule has 1 atom stereocenters. The predicted octanol–water partition coefficient (Wildman–Crippen LogP) is 5.01. The number of aromatic nitrogens is 2. The molecule has 0 bridgehead atoms. The van der Waals surface area contributed by atoms with Gasteiger partial charge in [0.05, 0.1) is 24.2 Å². The van der Waals surface area contributed by atoms with Gasteiger partial charge in [-0.15, -0.1) is 0 Å². The number of carbonyl (C=O) groups excluding carboxylic acids is 1. The summed E-state index contributed by atoms with van der Waals surface area (Å²) in [5.41, 5.74) is 6.66. The standard InChI is InChI=1S/C27H30N4O2/c1-18-8-9-21(16-19(18)2)14-15-28-27(32)31-25(17-20-10-12-22(33-3)13-11-20)26-29-23-6-4-5-7-24(23)30-26/h4-13,16,25H,14-15,17H2,1-3H3,(H,29,30)(H2,28,31,32)/t25-/m1/s1. The van der Waals surface area contributed by atoms with Crippen LogP contribution in [-0.2, 0) is 12.8 Å². The van der Waals surface area contributed by atoms with Gasteiger partial charge in [-0.3, -0.25) is 0 Å². The van der Waals surface area contributed by atoms with Crippen molar-refractivity contribution < 1.29 is 9.53 Å². The SMILES string of the molecule is COc1ccc(C[C@@H](NC(=O)NCCc2ccc(C)c(C)c2)c2nc3ccccc3[nH]2)cc1. The zero-order valence-corrected chi connectivity index (χ0v) is 19.3. The average Bonchev–Trinajstić information content (AvgIpc) is 3.26. The molecule has 0 aliphatic heterocycles. The van der Waals surface area contributed by atoms with Crippen molar-refractivity contribution in [3.63, 3.8) is 0 Å². The van der Waals surface area contributed by atoms with Crippen molar-refractivity contribution in [3.8, 4) is 5.75 Å². The fraction of sp³-hybridized carbons (Fsp3) is 0.259. The van der Waals surface area contributed by atoms with E-state index in [0.29, 0.717) is 13.0 Å². The Morgan fingerprint density at radius 2 is 1.76 bits per heavy atom. The summed E-state index contributed by atoms with van der Waals surface area (Å²) in [5.74, 6) is 1.53. The summed E-state index contributed by atoms with van der Waals surface area (Å²) in [7, 11) is 1.65. The van der Waals surface area contributed by atoms with Crippen molar-refractivity contribution in [1.82, 2.24) is 20.6 Å². The molecule has 1 aromatic heterocycles. The van der Waals surface area contributed by atoms with Gasteiger partial charge in [-0.25, -0.2) is 9.78 Å². The third kappa shape index (κ3) is 5.71. The van der Waals surface area contributed by atoms with Crippen molar-refractivity contribution >= 4 is 17.1 Å². The molecule has 4 aromatic rings. The molecular formula is C27H30N4O2. The summed E-state index contributed by atoms with van der Waals surface area (Å²) >= 11 is 0. The largest absolute Gasteiger partial charge is 0.497 e. The molecule has 0 aliphatic carbocycles. The maximum absolute atomic E-state index is 12.8. The monoisotopic (exact) mass is 442 g/mol. The van der Waals surface area contributed by atoms with Crippen LogP contribution in [0.25, 0.3) is 11.0 Å². The van der Waals surface area contributed by atoms with Crippen LogP contribution in [0.3, 0.4) is 0 Å². The Morgan fingerprint density at radius 3 is 2.48 bits per heavy atom. The summed E-state index contributed by atoms with van der Waals surface area (Å²) in [6, 6.07) is 21.6. The van der Waals surface area contributed by atoms with Gasteiger partial charge in [-0.05, 0) is 73.2 Å². The number of hydrogen-bond acceptors (Lipinski definition) is 3. The van der Waals surface area contributed by atoms with E-state index in [0.717, 1.165) is 34.6 Å². The van der Waals surface area contributed by atoms with Gasteiger partial charge in [0.2, 0.25) is 0 Å². The number of carbonyl (C=O) groups is 1. The smallest absolute Gasteiger partial charge is 0.315 e. The number of nitrogens with zero attached hydrogens (tertiary/aromatic N) is 1. The number of hydrogen-bond donors (Lipinski definition) is 3. The number of H-pyrrole nitrogens is 1. The number of amides is 2. The van der Waals surface area contributed by atoms with Crippen molar-refractivity contribution in [2.45, 2.75) is 32.7 Å². The van der Waals surface area contributed by atoms with Crippen LogP contribution in [-0.4, -0.2) is 29.7 Å². The predicted molar refractivity (Wildman–Crippen MR) is 132 cm³/mol. The Hall–Kier alpha value is -3.80. The molecule has 3 N–H and O–H groups in total. The number of imidazole rings is 1. The number of aryl methyl sites for hydroxylation is 2. The zero-order chi connectivity index (χ0) is 23.2. The minimum absolute atomic E-state index is 0.210. The van der Waals surface area contributed by atoms with Crippen LogP contribution in [0.15, 0.2) is 66.7 Å². The first-order valence-electron chi connectivity index (χ1n) is 11.2. The number of urea groups is 1. The first kappa shape index (κ1) is 22.4. The van der Waals surface area contributed by atoms with Gasteiger partial charge < -0.3 is 20.4 Å². The average molecular weight is 443 g/mol. The van der Waals surface area contributed by atoms with Gasteiger partial charge >= 0.3 is 6.03 Å². The van der Waals surface area contributed by atoms with E-state index in [1.165, 1.54) is 16.7 Å². The van der Waals surface area contributed by atoms with Crippen molar-refractivity contribution in [3.05, 3.63) is 94.8 Å². The van der Waals surface area contributed by atoms with Crippen molar-refractivity contribution in [1.29, 1.82) is 0 Å². The van der Waals surface area contributed by atoms with E-state index in [1.807, 2.05) is 48.5 Å². The molecule has 2 amide bonds. The molecule has 33 heavy (non-hydrogen) atoms. The molecule has 0 fully saturated rings. The van der Waals surface area contributed by atoms with Crippen LogP contribution >= 0.6 is 0 Å². The van der Waals surface area contributed by atoms with Gasteiger partial charge in [0.1, 0.15) is 11.6 Å². The fourth-order valence-corrected chi connectivity index (χ4v) is 3.84. The van der Waals surface area contributed by atoms with Crippen molar-refractivity contribution in [2.24, 2.45) is 0 Å². The number of methoxy groups -OCH3 is 1. The Labute approximate surface area is 194 Å². The van der Waals surface area contributed by atoms with E-state index in [1.54, 1.807) is 7.11 Å². The fourth-order valence-electron chi connectivity index (χ4n) is 3.84. The lowest BCUT2D eigenvalue weighted by Gasteiger charge is -2.18. The Bertz CT molecular complexity index is 1200. The normalized spacial score (nSPS) is 11.8. The molecule has 0 unspecified atom stereocenters. The number of rotatable bonds is 8. The van der Waals surface area contributed by atoms with E-state index >= 15 is 0 Å².